The molecule has 96 valence electrons. The molecule has 0 atom stereocenters. The fraction of sp³-hybridized carbons (Fsp3) is 0.133. The molecule has 0 aliphatic heterocycles. The maximum Gasteiger partial charge on any atom is 0.101 e. The third-order valence-electron chi connectivity index (χ3n) is 2.53. The average Bonchev–Trinajstić information content (AvgIpc) is 2.45. The van der Waals surface area contributed by atoms with E-state index in [0.717, 1.165) is 18.0 Å². The van der Waals surface area contributed by atoms with E-state index in [4.69, 9.17) is 16.9 Å². The lowest BCUT2D eigenvalue weighted by atomic mass is 10.2. The van der Waals surface area contributed by atoms with Crippen LogP contribution in [0.3, 0.4) is 0 Å². The zero-order chi connectivity index (χ0) is 13.5. The van der Waals surface area contributed by atoms with Crippen molar-refractivity contribution in [3.05, 3.63) is 59.1 Å². The molecule has 0 aromatic heterocycles. The van der Waals surface area contributed by atoms with Gasteiger partial charge in [-0.1, -0.05) is 29.8 Å². The van der Waals surface area contributed by atoms with Crippen LogP contribution in [0.1, 0.15) is 5.56 Å². The molecular weight excluding hydrogens is 276 g/mol. The number of halogens is 1. The van der Waals surface area contributed by atoms with Crippen LogP contribution in [0.2, 0.25) is 5.02 Å². The van der Waals surface area contributed by atoms with Crippen molar-refractivity contribution in [2.75, 3.05) is 17.6 Å². The van der Waals surface area contributed by atoms with E-state index >= 15 is 0 Å². The smallest absolute Gasteiger partial charge is 0.101 e. The molecule has 0 radical (unpaired) electrons. The van der Waals surface area contributed by atoms with Gasteiger partial charge in [-0.25, -0.2) is 0 Å². The number of nitrogens with one attached hydrogen (secondary N) is 1. The highest BCUT2D eigenvalue weighted by atomic mass is 35.5. The van der Waals surface area contributed by atoms with Gasteiger partial charge in [0.25, 0.3) is 0 Å². The maximum absolute atomic E-state index is 8.79. The summed E-state index contributed by atoms with van der Waals surface area (Å²) in [5.74, 6) is 0.974. The van der Waals surface area contributed by atoms with Crippen molar-refractivity contribution in [1.29, 1.82) is 5.26 Å². The molecule has 19 heavy (non-hydrogen) atoms. The molecule has 0 bridgehead atoms. The van der Waals surface area contributed by atoms with Gasteiger partial charge in [-0.3, -0.25) is 0 Å². The Bertz CT molecular complexity index is 578. The van der Waals surface area contributed by atoms with E-state index in [-0.39, 0.29) is 0 Å². The SMILES string of the molecule is N#Cc1ccc(NCCSc2ccccc2)cc1Cl. The Kier molecular flexibility index (Phi) is 5.14. The van der Waals surface area contributed by atoms with Crippen molar-refractivity contribution in [2.45, 2.75) is 4.90 Å². The van der Waals surface area contributed by atoms with Crippen LogP contribution < -0.4 is 5.32 Å². The van der Waals surface area contributed by atoms with Crippen LogP contribution in [0.15, 0.2) is 53.4 Å². The van der Waals surface area contributed by atoms with E-state index < -0.39 is 0 Å². The Morgan fingerprint density at radius 1 is 1.16 bits per heavy atom. The zero-order valence-electron chi connectivity index (χ0n) is 10.3. The summed E-state index contributed by atoms with van der Waals surface area (Å²) in [7, 11) is 0. The van der Waals surface area contributed by atoms with E-state index in [1.165, 1.54) is 4.90 Å². The second-order valence-corrected chi connectivity index (χ2v) is 5.47. The van der Waals surface area contributed by atoms with Crippen LogP contribution in [0.4, 0.5) is 5.69 Å². The standard InChI is InChI=1S/C15H13ClN2S/c16-15-10-13(7-6-12(15)11-17)18-8-9-19-14-4-2-1-3-5-14/h1-7,10,18H,8-9H2. The van der Waals surface area contributed by atoms with Gasteiger partial charge in [-0.05, 0) is 30.3 Å². The van der Waals surface area contributed by atoms with E-state index in [0.29, 0.717) is 10.6 Å². The summed E-state index contributed by atoms with van der Waals surface area (Å²) in [5, 5.41) is 12.6. The highest BCUT2D eigenvalue weighted by Crippen LogP contribution is 2.21. The Labute approximate surface area is 122 Å². The van der Waals surface area contributed by atoms with Crippen LogP contribution in [0, 0.1) is 11.3 Å². The highest BCUT2D eigenvalue weighted by Gasteiger charge is 2.00. The molecule has 0 aliphatic rings. The van der Waals surface area contributed by atoms with Gasteiger partial charge >= 0.3 is 0 Å². The second kappa shape index (κ2) is 7.08. The van der Waals surface area contributed by atoms with Gasteiger partial charge in [0.15, 0.2) is 0 Å². The van der Waals surface area contributed by atoms with Crippen LogP contribution in [-0.4, -0.2) is 12.3 Å². The summed E-state index contributed by atoms with van der Waals surface area (Å²) in [6, 6.07) is 17.7. The fourth-order valence-electron chi connectivity index (χ4n) is 1.60. The number of thioether (sulfide) groups is 1. The van der Waals surface area contributed by atoms with Gasteiger partial charge in [0, 0.05) is 22.9 Å². The van der Waals surface area contributed by atoms with Gasteiger partial charge in [0.2, 0.25) is 0 Å². The van der Waals surface area contributed by atoms with E-state index in [1.807, 2.05) is 30.3 Å². The Morgan fingerprint density at radius 2 is 1.95 bits per heavy atom. The Hall–Kier alpha value is -1.63. The quantitative estimate of drug-likeness (QED) is 0.654. The van der Waals surface area contributed by atoms with Gasteiger partial charge in [-0.15, -0.1) is 11.8 Å². The topological polar surface area (TPSA) is 35.8 Å². The first-order valence-corrected chi connectivity index (χ1v) is 7.27. The molecule has 2 aromatic rings. The maximum atomic E-state index is 8.79. The molecular formula is C15H13ClN2S. The minimum absolute atomic E-state index is 0.489. The summed E-state index contributed by atoms with van der Waals surface area (Å²) < 4.78 is 0. The number of nitrogens with zero attached hydrogens (tertiary/aromatic N) is 1. The first-order chi connectivity index (χ1) is 9.29. The van der Waals surface area contributed by atoms with Crippen molar-refractivity contribution in [2.24, 2.45) is 0 Å². The normalized spacial score (nSPS) is 9.89. The molecule has 2 nitrogen and oxygen atoms in total. The first kappa shape index (κ1) is 13.8. The Morgan fingerprint density at radius 3 is 2.63 bits per heavy atom. The molecule has 1 N–H and O–H groups in total. The van der Waals surface area contributed by atoms with Gasteiger partial charge in [0.05, 0.1) is 10.6 Å². The molecule has 0 aliphatic carbocycles. The third kappa shape index (κ3) is 4.20. The van der Waals surface area contributed by atoms with Gasteiger partial charge in [0.1, 0.15) is 6.07 Å². The van der Waals surface area contributed by atoms with E-state index in [9.17, 15) is 0 Å². The number of rotatable bonds is 5. The number of hydrogen-bond donors (Lipinski definition) is 1. The van der Waals surface area contributed by atoms with Crippen LogP contribution >= 0.6 is 23.4 Å². The van der Waals surface area contributed by atoms with Crippen molar-refractivity contribution in [1.82, 2.24) is 0 Å². The Balaban J connectivity index is 1.80. The van der Waals surface area contributed by atoms with Crippen molar-refractivity contribution >= 4 is 29.1 Å². The first-order valence-electron chi connectivity index (χ1n) is 5.91. The predicted octanol–water partition coefficient (Wildman–Crippen LogP) is 4.42. The lowest BCUT2D eigenvalue weighted by Gasteiger charge is -2.07. The third-order valence-corrected chi connectivity index (χ3v) is 3.86. The monoisotopic (exact) mass is 288 g/mol. The molecule has 0 spiro atoms. The average molecular weight is 289 g/mol. The van der Waals surface area contributed by atoms with E-state index in [2.05, 4.69) is 17.4 Å². The molecule has 4 heteroatoms. The van der Waals surface area contributed by atoms with Crippen LogP contribution in [-0.2, 0) is 0 Å². The summed E-state index contributed by atoms with van der Waals surface area (Å²) in [5.41, 5.74) is 1.45. The molecule has 0 saturated carbocycles. The number of hydrogen-bond acceptors (Lipinski definition) is 3. The minimum atomic E-state index is 0.489. The number of nitriles is 1. The molecule has 0 amide bonds. The largest absolute Gasteiger partial charge is 0.384 e. The van der Waals surface area contributed by atoms with E-state index in [1.54, 1.807) is 23.9 Å². The van der Waals surface area contributed by atoms with Crippen molar-refractivity contribution in [3.63, 3.8) is 0 Å². The molecule has 0 heterocycles. The molecule has 2 rings (SSSR count). The van der Waals surface area contributed by atoms with Gasteiger partial charge < -0.3 is 5.32 Å². The second-order valence-electron chi connectivity index (χ2n) is 3.89. The minimum Gasteiger partial charge on any atom is -0.384 e. The fourth-order valence-corrected chi connectivity index (χ4v) is 2.61. The lowest BCUT2D eigenvalue weighted by Crippen LogP contribution is -2.03. The summed E-state index contributed by atoms with van der Waals surface area (Å²) >= 11 is 7.77. The number of benzene rings is 2. The van der Waals surface area contributed by atoms with Crippen LogP contribution in [0.5, 0.6) is 0 Å². The summed E-state index contributed by atoms with van der Waals surface area (Å²) in [4.78, 5) is 1.27. The molecule has 0 saturated heterocycles. The van der Waals surface area contributed by atoms with Crippen molar-refractivity contribution in [3.8, 4) is 6.07 Å². The highest BCUT2D eigenvalue weighted by molar-refractivity contribution is 7.99. The molecule has 2 aromatic carbocycles. The zero-order valence-corrected chi connectivity index (χ0v) is 11.8. The molecule has 0 fully saturated rings. The van der Waals surface area contributed by atoms with Gasteiger partial charge in [-0.2, -0.15) is 5.26 Å². The van der Waals surface area contributed by atoms with Crippen LogP contribution in [0.25, 0.3) is 0 Å². The summed E-state index contributed by atoms with van der Waals surface area (Å²) in [6.45, 7) is 0.849. The predicted molar refractivity (Wildman–Crippen MR) is 81.8 cm³/mol. The molecule has 0 unspecified atom stereocenters. The number of anilines is 1. The van der Waals surface area contributed by atoms with Crippen molar-refractivity contribution < 1.29 is 0 Å². The summed E-state index contributed by atoms with van der Waals surface area (Å²) in [6.07, 6.45) is 0. The lowest BCUT2D eigenvalue weighted by molar-refractivity contribution is 1.22.